The van der Waals surface area contributed by atoms with Crippen LogP contribution in [0.1, 0.15) is 59.6 Å². The van der Waals surface area contributed by atoms with Crippen LogP contribution >= 0.6 is 0 Å². The molecule has 0 atom stereocenters. The molecule has 1 rings (SSSR count). The van der Waals surface area contributed by atoms with Crippen molar-refractivity contribution in [2.75, 3.05) is 19.6 Å². The summed E-state index contributed by atoms with van der Waals surface area (Å²) in [6.07, 6.45) is 0. The highest BCUT2D eigenvalue weighted by Crippen LogP contribution is 2.25. The molecule has 6 nitrogen and oxygen atoms in total. The number of amides is 1. The Hall–Kier alpha value is -2.24. The fourth-order valence-corrected chi connectivity index (χ4v) is 2.35. The van der Waals surface area contributed by atoms with E-state index in [1.165, 1.54) is 0 Å². The van der Waals surface area contributed by atoms with E-state index in [1.807, 2.05) is 48.5 Å². The van der Waals surface area contributed by atoms with Crippen LogP contribution in [0.3, 0.4) is 0 Å². The highest BCUT2D eigenvalue weighted by atomic mass is 16.5. The number of rotatable bonds is 7. The van der Waals surface area contributed by atoms with Crippen molar-refractivity contribution in [3.05, 3.63) is 29.3 Å². The molecule has 0 spiro atoms. The number of carbonyl (C=O) groups is 1. The van der Waals surface area contributed by atoms with Crippen LogP contribution in [0.2, 0.25) is 0 Å². The van der Waals surface area contributed by atoms with Crippen molar-refractivity contribution in [2.45, 2.75) is 67.5 Å². The fourth-order valence-electron chi connectivity index (χ4n) is 2.35. The van der Waals surface area contributed by atoms with Crippen LogP contribution in [0.5, 0.6) is 5.75 Å². The molecule has 0 saturated heterocycles. The number of nitrogens with zero attached hydrogens (tertiary/aromatic N) is 1. The van der Waals surface area contributed by atoms with Crippen LogP contribution in [0.4, 0.5) is 0 Å². The van der Waals surface area contributed by atoms with E-state index in [4.69, 9.17) is 4.74 Å². The van der Waals surface area contributed by atoms with Crippen molar-refractivity contribution in [3.63, 3.8) is 0 Å². The van der Waals surface area contributed by atoms with E-state index in [0.29, 0.717) is 19.6 Å². The van der Waals surface area contributed by atoms with E-state index in [-0.39, 0.29) is 16.9 Å². The van der Waals surface area contributed by atoms with E-state index >= 15 is 0 Å². The van der Waals surface area contributed by atoms with Gasteiger partial charge in [-0.2, -0.15) is 0 Å². The van der Waals surface area contributed by atoms with E-state index in [1.54, 1.807) is 0 Å². The maximum absolute atomic E-state index is 11.9. The van der Waals surface area contributed by atoms with E-state index in [9.17, 15) is 4.79 Å². The van der Waals surface area contributed by atoms with Gasteiger partial charge >= 0.3 is 0 Å². The van der Waals surface area contributed by atoms with Gasteiger partial charge in [-0.25, -0.2) is 4.99 Å². The SMILES string of the molecule is CCNC(=NCc1ccc(C)cc1OC(C)(C)C)NCCNC(=O)C(C)(C)C. The van der Waals surface area contributed by atoms with Crippen molar-refractivity contribution in [1.82, 2.24) is 16.0 Å². The molecular weight excluding hydrogens is 352 g/mol. The monoisotopic (exact) mass is 390 g/mol. The number of benzene rings is 1. The summed E-state index contributed by atoms with van der Waals surface area (Å²) < 4.78 is 6.11. The lowest BCUT2D eigenvalue weighted by Gasteiger charge is -2.23. The van der Waals surface area contributed by atoms with Crippen molar-refractivity contribution in [1.29, 1.82) is 0 Å². The van der Waals surface area contributed by atoms with Crippen LogP contribution in [-0.4, -0.2) is 37.1 Å². The third kappa shape index (κ3) is 9.11. The van der Waals surface area contributed by atoms with Gasteiger partial charge in [-0.05, 0) is 46.2 Å². The molecule has 0 saturated carbocycles. The minimum atomic E-state index is -0.381. The Morgan fingerprint density at radius 2 is 1.68 bits per heavy atom. The van der Waals surface area contributed by atoms with Gasteiger partial charge in [0, 0.05) is 30.6 Å². The quantitative estimate of drug-likeness (QED) is 0.379. The summed E-state index contributed by atoms with van der Waals surface area (Å²) in [5, 5.41) is 9.43. The molecule has 1 aromatic rings. The Labute approximate surface area is 170 Å². The molecular formula is C22H38N4O2. The minimum absolute atomic E-state index is 0.0415. The lowest BCUT2D eigenvalue weighted by atomic mass is 9.96. The molecule has 0 aliphatic heterocycles. The molecule has 0 fully saturated rings. The molecule has 158 valence electrons. The molecule has 6 heteroatoms. The van der Waals surface area contributed by atoms with Gasteiger partial charge in [0.25, 0.3) is 0 Å². The number of guanidine groups is 1. The average Bonchev–Trinajstić information content (AvgIpc) is 2.55. The standard InChI is InChI=1S/C22H38N4O2/c1-9-23-20(25-13-12-24-19(27)21(3,4)5)26-15-17-11-10-16(2)14-18(17)28-22(6,7)8/h10-11,14H,9,12-13,15H2,1-8H3,(H,24,27)(H2,23,25,26). The zero-order chi connectivity index (χ0) is 21.4. The van der Waals surface area contributed by atoms with Crippen LogP contribution in [0.15, 0.2) is 23.2 Å². The molecule has 0 bridgehead atoms. The first-order valence-electron chi connectivity index (χ1n) is 10.0. The van der Waals surface area contributed by atoms with E-state index in [2.05, 4.69) is 46.1 Å². The Balaban J connectivity index is 2.73. The number of hydrogen-bond acceptors (Lipinski definition) is 3. The summed E-state index contributed by atoms with van der Waals surface area (Å²) >= 11 is 0. The number of aryl methyl sites for hydroxylation is 1. The lowest BCUT2D eigenvalue weighted by molar-refractivity contribution is -0.128. The Bertz CT molecular complexity index is 670. The van der Waals surface area contributed by atoms with Gasteiger partial charge in [0.2, 0.25) is 5.91 Å². The summed E-state index contributed by atoms with van der Waals surface area (Å²) in [6.45, 7) is 18.3. The Morgan fingerprint density at radius 3 is 2.25 bits per heavy atom. The van der Waals surface area contributed by atoms with Crippen LogP contribution < -0.4 is 20.7 Å². The van der Waals surface area contributed by atoms with Crippen LogP contribution in [0.25, 0.3) is 0 Å². The van der Waals surface area contributed by atoms with Gasteiger partial charge in [-0.15, -0.1) is 0 Å². The summed E-state index contributed by atoms with van der Waals surface area (Å²) in [5.41, 5.74) is 1.55. The predicted molar refractivity (Wildman–Crippen MR) is 117 cm³/mol. The van der Waals surface area contributed by atoms with E-state index in [0.717, 1.165) is 29.4 Å². The maximum Gasteiger partial charge on any atom is 0.225 e. The normalized spacial score (nSPS) is 12.5. The number of ether oxygens (including phenoxy) is 1. The number of hydrogen-bond donors (Lipinski definition) is 3. The highest BCUT2D eigenvalue weighted by Gasteiger charge is 2.20. The topological polar surface area (TPSA) is 74.8 Å². The number of aliphatic imine (C=N–C) groups is 1. The van der Waals surface area contributed by atoms with Crippen LogP contribution in [-0.2, 0) is 11.3 Å². The third-order valence-corrected chi connectivity index (χ3v) is 3.77. The average molecular weight is 391 g/mol. The minimum Gasteiger partial charge on any atom is -0.488 e. The Morgan fingerprint density at radius 1 is 1.04 bits per heavy atom. The van der Waals surface area contributed by atoms with Gasteiger partial charge in [-0.1, -0.05) is 32.9 Å². The first-order valence-corrected chi connectivity index (χ1v) is 10.0. The largest absolute Gasteiger partial charge is 0.488 e. The molecule has 0 radical (unpaired) electrons. The van der Waals surface area contributed by atoms with Crippen molar-refractivity contribution < 1.29 is 9.53 Å². The predicted octanol–water partition coefficient (Wildman–Crippen LogP) is 3.39. The second-order valence-corrected chi connectivity index (χ2v) is 8.95. The fraction of sp³-hybridized carbons (Fsp3) is 0.636. The van der Waals surface area contributed by atoms with Crippen LogP contribution in [0, 0.1) is 12.3 Å². The van der Waals surface area contributed by atoms with Gasteiger partial charge in [0.1, 0.15) is 11.4 Å². The molecule has 0 aliphatic carbocycles. The summed E-state index contributed by atoms with van der Waals surface area (Å²) in [5.74, 6) is 1.62. The molecule has 0 unspecified atom stereocenters. The zero-order valence-electron chi connectivity index (χ0n) is 18.8. The smallest absolute Gasteiger partial charge is 0.225 e. The molecule has 3 N–H and O–H groups in total. The lowest BCUT2D eigenvalue weighted by Crippen LogP contribution is -2.43. The number of carbonyl (C=O) groups excluding carboxylic acids is 1. The molecule has 1 amide bonds. The summed E-state index contributed by atoms with van der Waals surface area (Å²) in [4.78, 5) is 16.6. The number of nitrogens with one attached hydrogen (secondary N) is 3. The second-order valence-electron chi connectivity index (χ2n) is 8.95. The Kier molecular flexibility index (Phi) is 8.79. The summed E-state index contributed by atoms with van der Waals surface area (Å²) in [7, 11) is 0. The highest BCUT2D eigenvalue weighted by molar-refractivity contribution is 5.81. The van der Waals surface area contributed by atoms with Gasteiger partial charge in [0.15, 0.2) is 5.96 Å². The zero-order valence-corrected chi connectivity index (χ0v) is 18.8. The molecule has 28 heavy (non-hydrogen) atoms. The van der Waals surface area contributed by atoms with Gasteiger partial charge in [0.05, 0.1) is 6.54 Å². The van der Waals surface area contributed by atoms with Crippen molar-refractivity contribution in [3.8, 4) is 5.75 Å². The first kappa shape index (κ1) is 23.8. The first-order chi connectivity index (χ1) is 12.9. The molecule has 0 heterocycles. The summed E-state index contributed by atoms with van der Waals surface area (Å²) in [6, 6.07) is 6.19. The molecule has 0 aliphatic rings. The van der Waals surface area contributed by atoms with E-state index < -0.39 is 0 Å². The van der Waals surface area contributed by atoms with Crippen molar-refractivity contribution >= 4 is 11.9 Å². The van der Waals surface area contributed by atoms with Gasteiger partial charge < -0.3 is 20.7 Å². The second kappa shape index (κ2) is 10.3. The third-order valence-electron chi connectivity index (χ3n) is 3.77. The van der Waals surface area contributed by atoms with Gasteiger partial charge in [-0.3, -0.25) is 4.79 Å². The molecule has 1 aromatic carbocycles. The molecule has 0 aromatic heterocycles. The van der Waals surface area contributed by atoms with Crippen molar-refractivity contribution in [2.24, 2.45) is 10.4 Å². The maximum atomic E-state index is 11.9.